The zero-order valence-electron chi connectivity index (χ0n) is 14.1. The molecule has 2 aromatic carbocycles. The van der Waals surface area contributed by atoms with Crippen molar-refractivity contribution < 1.29 is 8.42 Å². The van der Waals surface area contributed by atoms with Gasteiger partial charge in [0.1, 0.15) is 0 Å². The Bertz CT molecular complexity index is 1020. The lowest BCUT2D eigenvalue weighted by atomic mass is 10.1. The first-order chi connectivity index (χ1) is 12.5. The Kier molecular flexibility index (Phi) is 5.03. The molecule has 4 nitrogen and oxygen atoms in total. The van der Waals surface area contributed by atoms with Gasteiger partial charge in [0, 0.05) is 42.4 Å². The van der Waals surface area contributed by atoms with Crippen LogP contribution in [0.5, 0.6) is 0 Å². The van der Waals surface area contributed by atoms with Gasteiger partial charge in [-0.15, -0.1) is 11.3 Å². The highest BCUT2D eigenvalue weighted by Gasteiger charge is 2.28. The number of benzene rings is 2. The lowest BCUT2D eigenvalue weighted by molar-refractivity contribution is 0.182. The molecule has 0 radical (unpaired) electrons. The van der Waals surface area contributed by atoms with E-state index in [2.05, 4.69) is 34.5 Å². The fourth-order valence-electron chi connectivity index (χ4n) is 3.30. The Morgan fingerprint density at radius 3 is 2.54 bits per heavy atom. The van der Waals surface area contributed by atoms with E-state index in [0.29, 0.717) is 18.1 Å². The van der Waals surface area contributed by atoms with Crippen LogP contribution in [0.25, 0.3) is 10.1 Å². The minimum absolute atomic E-state index is 0.266. The minimum Gasteiger partial charge on any atom is -0.296 e. The molecule has 1 fully saturated rings. The van der Waals surface area contributed by atoms with Gasteiger partial charge in [-0.3, -0.25) is 4.90 Å². The summed E-state index contributed by atoms with van der Waals surface area (Å²) in [4.78, 5) is 2.58. The summed E-state index contributed by atoms with van der Waals surface area (Å²) in [5.41, 5.74) is 1.32. The number of halogens is 1. The van der Waals surface area contributed by atoms with Crippen molar-refractivity contribution in [2.75, 3.05) is 26.2 Å². The molecule has 1 aliphatic heterocycles. The van der Waals surface area contributed by atoms with Crippen LogP contribution in [0, 0.1) is 0 Å². The van der Waals surface area contributed by atoms with E-state index in [1.54, 1.807) is 33.8 Å². The topological polar surface area (TPSA) is 40.6 Å². The Morgan fingerprint density at radius 1 is 1.00 bits per heavy atom. The van der Waals surface area contributed by atoms with Crippen molar-refractivity contribution in [3.63, 3.8) is 0 Å². The van der Waals surface area contributed by atoms with Crippen LogP contribution in [0.2, 0.25) is 5.02 Å². The molecule has 2 heterocycles. The SMILES string of the molecule is O=S(=O)(c1cccc(Cl)c1)N1CCN(Cc2csc3ccccc23)CC1. The second-order valence-electron chi connectivity index (χ2n) is 6.39. The molecular formula is C19H19ClN2O2S2. The van der Waals surface area contributed by atoms with Gasteiger partial charge in [-0.2, -0.15) is 4.31 Å². The van der Waals surface area contributed by atoms with Crippen LogP contribution in [0.3, 0.4) is 0 Å². The summed E-state index contributed by atoms with van der Waals surface area (Å²) in [6.45, 7) is 3.30. The first-order valence-electron chi connectivity index (χ1n) is 8.47. The summed E-state index contributed by atoms with van der Waals surface area (Å²) in [6.07, 6.45) is 0. The average molecular weight is 407 g/mol. The van der Waals surface area contributed by atoms with Crippen molar-refractivity contribution >= 4 is 43.0 Å². The number of hydrogen-bond acceptors (Lipinski definition) is 4. The van der Waals surface area contributed by atoms with Gasteiger partial charge in [0.25, 0.3) is 0 Å². The Balaban J connectivity index is 1.44. The third kappa shape index (κ3) is 3.52. The maximum atomic E-state index is 12.8. The molecule has 0 atom stereocenters. The van der Waals surface area contributed by atoms with Crippen molar-refractivity contribution in [2.24, 2.45) is 0 Å². The van der Waals surface area contributed by atoms with Crippen LogP contribution >= 0.6 is 22.9 Å². The molecule has 1 aliphatic rings. The Morgan fingerprint density at radius 2 is 1.77 bits per heavy atom. The fraction of sp³-hybridized carbons (Fsp3) is 0.263. The van der Waals surface area contributed by atoms with E-state index in [0.717, 1.165) is 19.6 Å². The van der Waals surface area contributed by atoms with Crippen LogP contribution < -0.4 is 0 Å². The van der Waals surface area contributed by atoms with Crippen molar-refractivity contribution in [2.45, 2.75) is 11.4 Å². The summed E-state index contributed by atoms with van der Waals surface area (Å²) >= 11 is 7.71. The number of thiophene rings is 1. The molecule has 0 amide bonds. The zero-order valence-corrected chi connectivity index (χ0v) is 16.5. The van der Waals surface area contributed by atoms with Gasteiger partial charge in [-0.1, -0.05) is 35.9 Å². The van der Waals surface area contributed by atoms with E-state index < -0.39 is 10.0 Å². The maximum Gasteiger partial charge on any atom is 0.243 e. The molecule has 0 saturated carbocycles. The molecule has 0 bridgehead atoms. The molecule has 1 saturated heterocycles. The zero-order chi connectivity index (χ0) is 18.1. The fourth-order valence-corrected chi connectivity index (χ4v) is 5.98. The van der Waals surface area contributed by atoms with E-state index in [9.17, 15) is 8.42 Å². The molecule has 0 unspecified atom stereocenters. The number of hydrogen-bond donors (Lipinski definition) is 0. The van der Waals surface area contributed by atoms with E-state index >= 15 is 0 Å². The van der Waals surface area contributed by atoms with Crippen LogP contribution in [-0.4, -0.2) is 43.8 Å². The summed E-state index contributed by atoms with van der Waals surface area (Å²) in [7, 11) is -3.48. The normalized spacial score (nSPS) is 17.0. The summed E-state index contributed by atoms with van der Waals surface area (Å²) in [5.74, 6) is 0. The number of piperazine rings is 1. The van der Waals surface area contributed by atoms with E-state index in [1.165, 1.54) is 21.7 Å². The molecule has 136 valence electrons. The molecule has 3 aromatic rings. The van der Waals surface area contributed by atoms with Crippen LogP contribution in [-0.2, 0) is 16.6 Å². The second kappa shape index (κ2) is 7.29. The smallest absolute Gasteiger partial charge is 0.243 e. The maximum absolute atomic E-state index is 12.8. The Labute approximate surface area is 162 Å². The van der Waals surface area contributed by atoms with Crippen molar-refractivity contribution in [1.29, 1.82) is 0 Å². The average Bonchev–Trinajstić information content (AvgIpc) is 3.05. The summed E-state index contributed by atoms with van der Waals surface area (Å²) < 4.78 is 28.4. The molecule has 0 spiro atoms. The first-order valence-corrected chi connectivity index (χ1v) is 11.2. The van der Waals surface area contributed by atoms with Crippen molar-refractivity contribution in [3.05, 3.63) is 64.5 Å². The molecule has 0 N–H and O–H groups in total. The van der Waals surface area contributed by atoms with E-state index in [-0.39, 0.29) is 4.90 Å². The molecule has 26 heavy (non-hydrogen) atoms. The quantitative estimate of drug-likeness (QED) is 0.656. The number of fused-ring (bicyclic) bond motifs is 1. The highest BCUT2D eigenvalue weighted by Crippen LogP contribution is 2.27. The predicted octanol–water partition coefficient (Wildman–Crippen LogP) is 4.06. The predicted molar refractivity (Wildman–Crippen MR) is 107 cm³/mol. The molecule has 1 aromatic heterocycles. The molecule has 0 aliphatic carbocycles. The van der Waals surface area contributed by atoms with Gasteiger partial charge in [0.05, 0.1) is 4.90 Å². The minimum atomic E-state index is -3.48. The number of nitrogens with zero attached hydrogens (tertiary/aromatic N) is 2. The molecular weight excluding hydrogens is 388 g/mol. The van der Waals surface area contributed by atoms with Gasteiger partial charge in [0.2, 0.25) is 10.0 Å². The van der Waals surface area contributed by atoms with E-state index in [1.807, 2.05) is 0 Å². The van der Waals surface area contributed by atoms with Gasteiger partial charge in [0.15, 0.2) is 0 Å². The number of rotatable bonds is 4. The lowest BCUT2D eigenvalue weighted by Gasteiger charge is -2.33. The standard InChI is InChI=1S/C19H19ClN2O2S2/c20-16-4-3-5-17(12-16)26(23,24)22-10-8-21(9-11-22)13-15-14-25-19-7-2-1-6-18(15)19/h1-7,12,14H,8-11,13H2. The van der Waals surface area contributed by atoms with Crippen LogP contribution in [0.1, 0.15) is 5.56 Å². The van der Waals surface area contributed by atoms with E-state index in [4.69, 9.17) is 11.6 Å². The monoisotopic (exact) mass is 406 g/mol. The van der Waals surface area contributed by atoms with Crippen LogP contribution in [0.4, 0.5) is 0 Å². The van der Waals surface area contributed by atoms with Crippen molar-refractivity contribution in [1.82, 2.24) is 9.21 Å². The van der Waals surface area contributed by atoms with Crippen molar-refractivity contribution in [3.8, 4) is 0 Å². The lowest BCUT2D eigenvalue weighted by Crippen LogP contribution is -2.48. The van der Waals surface area contributed by atoms with Gasteiger partial charge < -0.3 is 0 Å². The van der Waals surface area contributed by atoms with Gasteiger partial charge >= 0.3 is 0 Å². The first kappa shape index (κ1) is 17.9. The highest BCUT2D eigenvalue weighted by molar-refractivity contribution is 7.89. The van der Waals surface area contributed by atoms with Crippen LogP contribution in [0.15, 0.2) is 58.8 Å². The van der Waals surface area contributed by atoms with Gasteiger partial charge in [-0.05, 0) is 40.6 Å². The summed E-state index contributed by atoms with van der Waals surface area (Å²) in [6, 6.07) is 14.9. The van der Waals surface area contributed by atoms with Gasteiger partial charge in [-0.25, -0.2) is 8.42 Å². The molecule has 7 heteroatoms. The Hall–Kier alpha value is -1.44. The second-order valence-corrected chi connectivity index (χ2v) is 9.68. The summed E-state index contributed by atoms with van der Waals surface area (Å²) in [5, 5.41) is 3.94. The highest BCUT2D eigenvalue weighted by atomic mass is 35.5. The third-order valence-corrected chi connectivity index (χ3v) is 7.86. The third-order valence-electron chi connectivity index (χ3n) is 4.72. The number of sulfonamides is 1. The molecule has 4 rings (SSSR count). The largest absolute Gasteiger partial charge is 0.296 e.